The summed E-state index contributed by atoms with van der Waals surface area (Å²) in [5.74, 6) is -0.466. The van der Waals surface area contributed by atoms with Gasteiger partial charge >= 0.3 is 6.03 Å². The lowest BCUT2D eigenvalue weighted by Gasteiger charge is -2.42. The molecule has 1 aliphatic carbocycles. The number of amides is 3. The van der Waals surface area contributed by atoms with Crippen LogP contribution in [0.15, 0.2) is 18.5 Å². The lowest BCUT2D eigenvalue weighted by Crippen LogP contribution is -2.58. The third-order valence-corrected chi connectivity index (χ3v) is 5.09. The number of pyridine rings is 1. The highest BCUT2D eigenvalue weighted by Gasteiger charge is 2.58. The van der Waals surface area contributed by atoms with E-state index >= 15 is 0 Å². The van der Waals surface area contributed by atoms with Crippen molar-refractivity contribution in [3.63, 3.8) is 0 Å². The second-order valence-corrected chi connectivity index (χ2v) is 6.43. The van der Waals surface area contributed by atoms with Crippen LogP contribution in [-0.2, 0) is 11.3 Å². The van der Waals surface area contributed by atoms with Gasteiger partial charge in [-0.05, 0) is 36.3 Å². The first-order valence-corrected chi connectivity index (χ1v) is 7.68. The standard InChI is InChI=1S/C16H20FN3O2/c1-10-4-3-5-11(2)16(10)14(21)20(15(22)19-16)9-12-6-13(17)8-18-7-12/h6-8,10-11H,3-5,9H2,1-2H3,(H,19,22)/t10-,11+,16?. The molecule has 1 spiro atoms. The van der Waals surface area contributed by atoms with E-state index in [1.807, 2.05) is 13.8 Å². The number of aromatic nitrogens is 1. The average Bonchev–Trinajstić information content (AvgIpc) is 2.71. The van der Waals surface area contributed by atoms with Crippen molar-refractivity contribution in [1.82, 2.24) is 15.2 Å². The highest BCUT2D eigenvalue weighted by molar-refractivity contribution is 6.07. The Morgan fingerprint density at radius 3 is 2.64 bits per heavy atom. The summed E-state index contributed by atoms with van der Waals surface area (Å²) in [6, 6.07) is 0.904. The summed E-state index contributed by atoms with van der Waals surface area (Å²) >= 11 is 0. The van der Waals surface area contributed by atoms with Gasteiger partial charge in [-0.25, -0.2) is 9.18 Å². The Balaban J connectivity index is 1.88. The van der Waals surface area contributed by atoms with Crippen LogP contribution in [0.25, 0.3) is 0 Å². The highest BCUT2D eigenvalue weighted by Crippen LogP contribution is 2.42. The largest absolute Gasteiger partial charge is 0.325 e. The maximum Gasteiger partial charge on any atom is 0.325 e. The Bertz CT molecular complexity index is 609. The number of carbonyl (C=O) groups is 2. The maximum absolute atomic E-state index is 13.2. The summed E-state index contributed by atoms with van der Waals surface area (Å²) in [6.45, 7) is 4.08. The molecule has 1 saturated carbocycles. The summed E-state index contributed by atoms with van der Waals surface area (Å²) in [6.07, 6.45) is 5.49. The van der Waals surface area contributed by atoms with Gasteiger partial charge in [-0.3, -0.25) is 14.7 Å². The molecule has 1 aromatic rings. The number of rotatable bonds is 2. The molecule has 2 fully saturated rings. The fraction of sp³-hybridized carbons (Fsp3) is 0.562. The van der Waals surface area contributed by atoms with Gasteiger partial charge in [-0.1, -0.05) is 20.3 Å². The molecule has 6 heteroatoms. The molecule has 2 heterocycles. The number of imide groups is 1. The Kier molecular flexibility index (Phi) is 3.62. The molecule has 3 amide bonds. The van der Waals surface area contributed by atoms with E-state index in [2.05, 4.69) is 10.3 Å². The van der Waals surface area contributed by atoms with Crippen molar-refractivity contribution in [2.24, 2.45) is 11.8 Å². The fourth-order valence-electron chi connectivity index (χ4n) is 3.82. The molecule has 0 radical (unpaired) electrons. The van der Waals surface area contributed by atoms with Crippen LogP contribution in [0, 0.1) is 17.7 Å². The zero-order valence-electron chi connectivity index (χ0n) is 12.8. The Morgan fingerprint density at radius 2 is 2.00 bits per heavy atom. The van der Waals surface area contributed by atoms with Gasteiger partial charge in [-0.15, -0.1) is 0 Å². The summed E-state index contributed by atoms with van der Waals surface area (Å²) < 4.78 is 13.2. The summed E-state index contributed by atoms with van der Waals surface area (Å²) in [5.41, 5.74) is -0.299. The van der Waals surface area contributed by atoms with Crippen LogP contribution < -0.4 is 5.32 Å². The first-order chi connectivity index (χ1) is 10.4. The number of nitrogens with zero attached hydrogens (tertiary/aromatic N) is 2. The lowest BCUT2D eigenvalue weighted by atomic mass is 9.67. The molecule has 5 nitrogen and oxygen atoms in total. The van der Waals surface area contributed by atoms with E-state index in [0.29, 0.717) is 5.56 Å². The van der Waals surface area contributed by atoms with Crippen molar-refractivity contribution in [3.8, 4) is 0 Å². The van der Waals surface area contributed by atoms with Crippen LogP contribution in [0.4, 0.5) is 9.18 Å². The molecule has 118 valence electrons. The van der Waals surface area contributed by atoms with Gasteiger partial charge in [0.05, 0.1) is 12.7 Å². The number of carbonyl (C=O) groups excluding carboxylic acids is 2. The van der Waals surface area contributed by atoms with Gasteiger partial charge in [0.2, 0.25) is 0 Å². The van der Waals surface area contributed by atoms with Crippen molar-refractivity contribution in [2.75, 3.05) is 0 Å². The number of halogens is 1. The Labute approximate surface area is 128 Å². The molecule has 1 aromatic heterocycles. The molecule has 2 aliphatic rings. The minimum absolute atomic E-state index is 0.0522. The van der Waals surface area contributed by atoms with Gasteiger partial charge in [0.15, 0.2) is 0 Å². The molecule has 1 saturated heterocycles. The molecule has 1 aliphatic heterocycles. The first kappa shape index (κ1) is 14.9. The number of hydrogen-bond donors (Lipinski definition) is 1. The van der Waals surface area contributed by atoms with Crippen molar-refractivity contribution in [3.05, 3.63) is 29.8 Å². The van der Waals surface area contributed by atoms with E-state index in [-0.39, 0.29) is 24.3 Å². The molecular formula is C16H20FN3O2. The van der Waals surface area contributed by atoms with E-state index in [1.165, 1.54) is 17.2 Å². The second-order valence-electron chi connectivity index (χ2n) is 6.43. The summed E-state index contributed by atoms with van der Waals surface area (Å²) in [5, 5.41) is 2.93. The minimum atomic E-state index is -0.809. The zero-order chi connectivity index (χ0) is 15.9. The number of urea groups is 1. The van der Waals surface area contributed by atoms with Crippen LogP contribution >= 0.6 is 0 Å². The third kappa shape index (κ3) is 2.17. The predicted octanol–water partition coefficient (Wildman–Crippen LogP) is 2.47. The fourth-order valence-corrected chi connectivity index (χ4v) is 3.82. The molecular weight excluding hydrogens is 285 g/mol. The lowest BCUT2D eigenvalue weighted by molar-refractivity contribution is -0.136. The molecule has 1 N–H and O–H groups in total. The van der Waals surface area contributed by atoms with E-state index in [4.69, 9.17) is 0 Å². The van der Waals surface area contributed by atoms with Crippen LogP contribution in [0.3, 0.4) is 0 Å². The van der Waals surface area contributed by atoms with Crippen molar-refractivity contribution < 1.29 is 14.0 Å². The normalized spacial score (nSPS) is 31.7. The smallest absolute Gasteiger partial charge is 0.323 e. The summed E-state index contributed by atoms with van der Waals surface area (Å²) in [7, 11) is 0. The van der Waals surface area contributed by atoms with Gasteiger partial charge < -0.3 is 5.32 Å². The molecule has 1 unspecified atom stereocenters. The van der Waals surface area contributed by atoms with Gasteiger partial charge in [0.25, 0.3) is 5.91 Å². The predicted molar refractivity (Wildman–Crippen MR) is 78.2 cm³/mol. The average molecular weight is 305 g/mol. The maximum atomic E-state index is 13.2. The van der Waals surface area contributed by atoms with Gasteiger partial charge in [0, 0.05) is 6.20 Å². The van der Waals surface area contributed by atoms with Crippen molar-refractivity contribution >= 4 is 11.9 Å². The van der Waals surface area contributed by atoms with E-state index in [0.717, 1.165) is 25.5 Å². The van der Waals surface area contributed by atoms with Crippen molar-refractivity contribution in [1.29, 1.82) is 0 Å². The van der Waals surface area contributed by atoms with Crippen LogP contribution in [0.5, 0.6) is 0 Å². The zero-order valence-corrected chi connectivity index (χ0v) is 12.8. The summed E-state index contributed by atoms with van der Waals surface area (Å²) in [4.78, 5) is 30.2. The van der Waals surface area contributed by atoms with E-state index < -0.39 is 17.4 Å². The second kappa shape index (κ2) is 5.34. The Hall–Kier alpha value is -1.98. The van der Waals surface area contributed by atoms with E-state index in [1.54, 1.807) is 0 Å². The van der Waals surface area contributed by atoms with Crippen LogP contribution in [-0.4, -0.2) is 27.4 Å². The molecule has 3 atom stereocenters. The van der Waals surface area contributed by atoms with Crippen LogP contribution in [0.1, 0.15) is 38.7 Å². The molecule has 3 rings (SSSR count). The van der Waals surface area contributed by atoms with Crippen molar-refractivity contribution in [2.45, 2.75) is 45.2 Å². The first-order valence-electron chi connectivity index (χ1n) is 7.68. The third-order valence-electron chi connectivity index (χ3n) is 5.09. The topological polar surface area (TPSA) is 62.3 Å². The SMILES string of the molecule is C[C@@H]1CCC[C@H](C)C12NC(=O)N(Cc1cncc(F)c1)C2=O. The van der Waals surface area contributed by atoms with E-state index in [9.17, 15) is 14.0 Å². The highest BCUT2D eigenvalue weighted by atomic mass is 19.1. The monoisotopic (exact) mass is 305 g/mol. The molecule has 22 heavy (non-hydrogen) atoms. The van der Waals surface area contributed by atoms with Gasteiger partial charge in [-0.2, -0.15) is 0 Å². The van der Waals surface area contributed by atoms with Gasteiger partial charge in [0.1, 0.15) is 11.4 Å². The molecule has 0 bridgehead atoms. The molecule has 0 aromatic carbocycles. The quantitative estimate of drug-likeness (QED) is 0.854. The van der Waals surface area contributed by atoms with Crippen LogP contribution in [0.2, 0.25) is 0 Å². The minimum Gasteiger partial charge on any atom is -0.323 e. The Morgan fingerprint density at radius 1 is 1.32 bits per heavy atom. The number of nitrogens with one attached hydrogen (secondary N) is 1. The number of hydrogen-bond acceptors (Lipinski definition) is 3.